The van der Waals surface area contributed by atoms with Crippen molar-refractivity contribution in [2.45, 2.75) is 44.4 Å². The normalized spacial score (nSPS) is 24.0. The van der Waals surface area contributed by atoms with Crippen molar-refractivity contribution in [3.63, 3.8) is 0 Å². The quantitative estimate of drug-likeness (QED) is 0.836. The van der Waals surface area contributed by atoms with Gasteiger partial charge < -0.3 is 14.8 Å². The summed E-state index contributed by atoms with van der Waals surface area (Å²) in [4.78, 5) is 12.9. The van der Waals surface area contributed by atoms with Gasteiger partial charge in [-0.2, -0.15) is 0 Å². The molecule has 4 rings (SSSR count). The highest BCUT2D eigenvalue weighted by molar-refractivity contribution is 5.84. The number of nitrogens with one attached hydrogen (secondary N) is 1. The van der Waals surface area contributed by atoms with E-state index in [2.05, 4.69) is 17.5 Å². The third kappa shape index (κ3) is 3.32. The molecule has 1 heterocycles. The molecule has 1 fully saturated rings. The van der Waals surface area contributed by atoms with Crippen LogP contribution in [-0.2, 0) is 16.0 Å². The Balaban J connectivity index is 1.45. The van der Waals surface area contributed by atoms with Gasteiger partial charge in [-0.3, -0.25) is 4.79 Å². The van der Waals surface area contributed by atoms with E-state index in [1.807, 2.05) is 12.1 Å². The minimum atomic E-state index is -0.0432. The molecule has 3 aliphatic rings. The monoisotopic (exact) mass is 341 g/mol. The third-order valence-electron chi connectivity index (χ3n) is 6.08. The van der Waals surface area contributed by atoms with Crippen molar-refractivity contribution in [3.8, 4) is 5.75 Å². The van der Waals surface area contributed by atoms with Crippen LogP contribution in [0.1, 0.15) is 49.1 Å². The molecule has 1 unspecified atom stereocenters. The highest BCUT2D eigenvalue weighted by Crippen LogP contribution is 2.53. The van der Waals surface area contributed by atoms with Gasteiger partial charge in [-0.15, -0.1) is 0 Å². The van der Waals surface area contributed by atoms with Crippen LogP contribution in [0.3, 0.4) is 0 Å². The average Bonchev–Trinajstić information content (AvgIpc) is 3.47. The van der Waals surface area contributed by atoms with Gasteiger partial charge in [-0.1, -0.05) is 17.7 Å². The Kier molecular flexibility index (Phi) is 4.55. The van der Waals surface area contributed by atoms with Crippen molar-refractivity contribution in [3.05, 3.63) is 41.0 Å². The maximum Gasteiger partial charge on any atom is 0.227 e. The van der Waals surface area contributed by atoms with Crippen molar-refractivity contribution >= 4 is 5.91 Å². The Morgan fingerprint density at radius 1 is 1.36 bits per heavy atom. The molecule has 0 saturated heterocycles. The zero-order valence-electron chi connectivity index (χ0n) is 15.0. The fourth-order valence-electron chi connectivity index (χ4n) is 4.33. The second kappa shape index (κ2) is 6.83. The molecule has 4 heteroatoms. The summed E-state index contributed by atoms with van der Waals surface area (Å²) in [6, 6.07) is 6.16. The number of rotatable bonds is 5. The van der Waals surface area contributed by atoms with Crippen molar-refractivity contribution in [1.29, 1.82) is 0 Å². The molecule has 4 nitrogen and oxygen atoms in total. The van der Waals surface area contributed by atoms with E-state index in [4.69, 9.17) is 9.47 Å². The number of fused-ring (bicyclic) bond motifs is 1. The SMILES string of the molecule is COc1ccc2c(c1)C(C(=O)NCC1(C3=CCOCC3)CC1)CCC2. The number of amides is 1. The van der Waals surface area contributed by atoms with E-state index in [1.165, 1.54) is 24.0 Å². The maximum absolute atomic E-state index is 12.9. The van der Waals surface area contributed by atoms with Gasteiger partial charge in [-0.05, 0) is 61.8 Å². The fourth-order valence-corrected chi connectivity index (χ4v) is 4.33. The van der Waals surface area contributed by atoms with Gasteiger partial charge in [0.2, 0.25) is 5.91 Å². The highest BCUT2D eigenvalue weighted by Gasteiger charge is 2.46. The van der Waals surface area contributed by atoms with Crippen LogP contribution < -0.4 is 10.1 Å². The molecular weight excluding hydrogens is 314 g/mol. The minimum absolute atomic E-state index is 0.0432. The van der Waals surface area contributed by atoms with Crippen LogP contribution in [0.5, 0.6) is 5.75 Å². The maximum atomic E-state index is 12.9. The second-order valence-corrected chi connectivity index (χ2v) is 7.56. The Labute approximate surface area is 149 Å². The van der Waals surface area contributed by atoms with Crippen molar-refractivity contribution in [2.75, 3.05) is 26.9 Å². The van der Waals surface area contributed by atoms with Crippen molar-refractivity contribution < 1.29 is 14.3 Å². The highest BCUT2D eigenvalue weighted by atomic mass is 16.5. The second-order valence-electron chi connectivity index (χ2n) is 7.56. The van der Waals surface area contributed by atoms with Crippen molar-refractivity contribution in [2.24, 2.45) is 5.41 Å². The lowest BCUT2D eigenvalue weighted by Gasteiger charge is -2.27. The number of ether oxygens (including phenoxy) is 2. The smallest absolute Gasteiger partial charge is 0.227 e. The lowest BCUT2D eigenvalue weighted by atomic mass is 9.82. The van der Waals surface area contributed by atoms with Crippen LogP contribution >= 0.6 is 0 Å². The lowest BCUT2D eigenvalue weighted by molar-refractivity contribution is -0.123. The van der Waals surface area contributed by atoms with Crippen molar-refractivity contribution in [1.82, 2.24) is 5.32 Å². The molecule has 1 amide bonds. The zero-order chi connectivity index (χ0) is 17.3. The van der Waals surface area contributed by atoms with Crippen LogP contribution in [0.4, 0.5) is 0 Å². The molecule has 1 aliphatic heterocycles. The summed E-state index contributed by atoms with van der Waals surface area (Å²) >= 11 is 0. The van der Waals surface area contributed by atoms with E-state index in [-0.39, 0.29) is 17.2 Å². The van der Waals surface area contributed by atoms with E-state index >= 15 is 0 Å². The third-order valence-corrected chi connectivity index (χ3v) is 6.08. The van der Waals surface area contributed by atoms with E-state index in [9.17, 15) is 4.79 Å². The first-order valence-electron chi connectivity index (χ1n) is 9.44. The summed E-state index contributed by atoms with van der Waals surface area (Å²) in [5, 5.41) is 3.27. The van der Waals surface area contributed by atoms with Crippen LogP contribution in [0.2, 0.25) is 0 Å². The molecule has 1 atom stereocenters. The number of carbonyl (C=O) groups excluding carboxylic acids is 1. The topological polar surface area (TPSA) is 47.6 Å². The number of aryl methyl sites for hydroxylation is 1. The van der Waals surface area contributed by atoms with Gasteiger partial charge >= 0.3 is 0 Å². The van der Waals surface area contributed by atoms with Crippen LogP contribution in [0.15, 0.2) is 29.8 Å². The number of methoxy groups -OCH3 is 1. The largest absolute Gasteiger partial charge is 0.497 e. The predicted molar refractivity (Wildman–Crippen MR) is 96.9 cm³/mol. The Morgan fingerprint density at radius 2 is 2.24 bits per heavy atom. The number of benzene rings is 1. The molecule has 25 heavy (non-hydrogen) atoms. The number of carbonyl (C=O) groups is 1. The molecule has 2 aliphatic carbocycles. The summed E-state index contributed by atoms with van der Waals surface area (Å²) in [5.41, 5.74) is 4.15. The molecule has 0 aromatic heterocycles. The standard InChI is InChI=1S/C21H27NO3/c1-24-17-6-5-15-3-2-4-18(19(15)13-17)20(23)22-14-21(9-10-21)16-7-11-25-12-8-16/h5-7,13,18H,2-4,8-12,14H2,1H3,(H,22,23). The van der Waals surface area contributed by atoms with Crippen LogP contribution in [-0.4, -0.2) is 32.8 Å². The molecular formula is C21H27NO3. The zero-order valence-corrected chi connectivity index (χ0v) is 15.0. The summed E-state index contributed by atoms with van der Waals surface area (Å²) in [5.74, 6) is 0.968. The van der Waals surface area contributed by atoms with E-state index in [0.29, 0.717) is 0 Å². The first-order chi connectivity index (χ1) is 12.2. The molecule has 134 valence electrons. The molecule has 0 spiro atoms. The van der Waals surface area contributed by atoms with Gasteiger partial charge in [0.05, 0.1) is 26.2 Å². The number of hydrogen-bond donors (Lipinski definition) is 1. The van der Waals surface area contributed by atoms with E-state index < -0.39 is 0 Å². The fraction of sp³-hybridized carbons (Fsp3) is 0.571. The van der Waals surface area contributed by atoms with Gasteiger partial charge in [0.1, 0.15) is 5.75 Å². The summed E-state index contributed by atoms with van der Waals surface area (Å²) in [6.07, 6.45) is 8.67. The lowest BCUT2D eigenvalue weighted by Crippen LogP contribution is -2.36. The summed E-state index contributed by atoms with van der Waals surface area (Å²) in [6.45, 7) is 2.31. The van der Waals surface area contributed by atoms with Gasteiger partial charge in [0, 0.05) is 12.0 Å². The van der Waals surface area contributed by atoms with E-state index in [1.54, 1.807) is 7.11 Å². The number of hydrogen-bond acceptors (Lipinski definition) is 3. The van der Waals surface area contributed by atoms with E-state index in [0.717, 1.165) is 56.8 Å². The summed E-state index contributed by atoms with van der Waals surface area (Å²) in [7, 11) is 1.68. The molecule has 1 aromatic rings. The molecule has 1 saturated carbocycles. The van der Waals surface area contributed by atoms with Crippen LogP contribution in [0, 0.1) is 5.41 Å². The minimum Gasteiger partial charge on any atom is -0.497 e. The average molecular weight is 341 g/mol. The first kappa shape index (κ1) is 16.6. The Morgan fingerprint density at radius 3 is 2.96 bits per heavy atom. The first-order valence-corrected chi connectivity index (χ1v) is 9.44. The molecule has 0 radical (unpaired) electrons. The molecule has 0 bridgehead atoms. The van der Waals surface area contributed by atoms with Gasteiger partial charge in [0.25, 0.3) is 0 Å². The summed E-state index contributed by atoms with van der Waals surface area (Å²) < 4.78 is 10.8. The molecule has 1 aromatic carbocycles. The Bertz CT molecular complexity index is 690. The molecule has 1 N–H and O–H groups in total. The Hall–Kier alpha value is -1.81. The van der Waals surface area contributed by atoms with Gasteiger partial charge in [-0.25, -0.2) is 0 Å². The van der Waals surface area contributed by atoms with Gasteiger partial charge in [0.15, 0.2) is 0 Å². The predicted octanol–water partition coefficient (Wildman–Crippen LogP) is 3.36. The van der Waals surface area contributed by atoms with Crippen LogP contribution in [0.25, 0.3) is 0 Å².